The molecule has 0 heterocycles. The van der Waals surface area contributed by atoms with E-state index >= 15 is 0 Å². The van der Waals surface area contributed by atoms with Gasteiger partial charge in [-0.15, -0.1) is 0 Å². The number of Topliss-reactive ketones (excluding diaryl/α,β-unsaturated/α-hetero) is 1. The van der Waals surface area contributed by atoms with Gasteiger partial charge in [0.2, 0.25) is 0 Å². The molecule has 13 fully saturated rings. The molecule has 25 heteroatoms. The quantitative estimate of drug-likeness (QED) is 0.0247. The molecule has 8 bridgehead atoms. The first-order valence-corrected chi connectivity index (χ1v) is 47.4. The van der Waals surface area contributed by atoms with Crippen LogP contribution in [0.15, 0.2) is 0 Å². The van der Waals surface area contributed by atoms with Crippen molar-refractivity contribution < 1.29 is 118 Å². The molecular weight excluding hydrogens is 1730 g/mol. The third-order valence-corrected chi connectivity index (χ3v) is 28.7. The van der Waals surface area contributed by atoms with Crippen LogP contribution in [-0.4, -0.2) is 144 Å². The van der Waals surface area contributed by atoms with Gasteiger partial charge in [-0.25, -0.2) is 0 Å². The van der Waals surface area contributed by atoms with Gasteiger partial charge < -0.3 is 66.3 Å². The van der Waals surface area contributed by atoms with E-state index in [9.17, 15) is 51.5 Å². The highest BCUT2D eigenvalue weighted by Gasteiger charge is 2.58. The van der Waals surface area contributed by atoms with Crippen molar-refractivity contribution in [2.24, 2.45) is 86.3 Å². The molecule has 135 heavy (non-hydrogen) atoms. The highest BCUT2D eigenvalue weighted by Crippen LogP contribution is 2.56. The summed E-state index contributed by atoms with van der Waals surface area (Å²) in [5.41, 5.74) is -4.11. The van der Waals surface area contributed by atoms with E-state index in [4.69, 9.17) is 66.3 Å². The molecule has 0 aromatic rings. The maximum Gasteiger partial charge on any atom is 0.404 e. The Bertz CT molecular complexity index is 2970. The predicted molar refractivity (Wildman–Crippen MR) is 550 cm³/mol. The molecule has 13 aliphatic carbocycles. The summed E-state index contributed by atoms with van der Waals surface area (Å²) in [4.78, 5) is 93.6. The molecule has 22 nitrogen and oxygen atoms in total. The van der Waals surface area contributed by atoms with Crippen LogP contribution in [0.4, 0.5) is 13.2 Å². The van der Waals surface area contributed by atoms with E-state index in [2.05, 4.69) is 0 Å². The smallest absolute Gasteiger partial charge is 0.404 e. The van der Waals surface area contributed by atoms with Crippen LogP contribution >= 0.6 is 0 Å². The average molecular weight is 1950 g/mol. The number of alkyl halides is 3. The number of halogens is 3. The van der Waals surface area contributed by atoms with Crippen LogP contribution < -0.4 is 0 Å². The van der Waals surface area contributed by atoms with E-state index in [0.29, 0.717) is 36.4 Å². The predicted octanol–water partition coefficient (Wildman–Crippen LogP) is 31.3. The van der Waals surface area contributed by atoms with E-state index in [-0.39, 0.29) is 234 Å². The molecular formula is C110H221F3O22. The third-order valence-electron chi connectivity index (χ3n) is 28.7. The van der Waals surface area contributed by atoms with Gasteiger partial charge in [-0.05, 0) is 265 Å². The second kappa shape index (κ2) is 76.2. The zero-order valence-electron chi connectivity index (χ0n) is 78.2. The number of ether oxygens (including phenoxy) is 14. The number of hydrogen-bond donors (Lipinski definition) is 0. The lowest BCUT2D eigenvalue weighted by molar-refractivity contribution is -0.240. The Morgan fingerprint density at radius 3 is 0.778 bits per heavy atom. The van der Waals surface area contributed by atoms with Gasteiger partial charge in [0.1, 0.15) is 5.78 Å². The van der Waals surface area contributed by atoms with E-state index in [1.54, 1.807) is 0 Å². The van der Waals surface area contributed by atoms with E-state index < -0.39 is 47.0 Å². The maximum atomic E-state index is 13.0. The molecule has 0 aromatic heterocycles. The Balaban J connectivity index is -0.000000167. The highest BCUT2D eigenvalue weighted by atomic mass is 19.4. The summed E-state index contributed by atoms with van der Waals surface area (Å²) >= 11 is 0. The fourth-order valence-corrected chi connectivity index (χ4v) is 17.8. The number of carbonyl (C=O) groups excluding carboxylic acids is 8. The SMILES string of the molecule is C.C.C.C.C.C.C.C.C.C.C.C.C.C.CCC(C)(C(=O)OCOC1C2CC3CC(C2)C(=O)C1C3)C(F)(F)F.CCC(C)(C)C(=O)OCOC1C2CC3CC(C2)CC1C3.CCC(C)(C)C(=O)OCOC1CCCC1.CCC(C)(C)C(=O)OCOC1CCCCC1.CCC(C)(C)C(=O)OCOC1CCCCCC1.CCC(C)C(=O)OCOC1CCCC1.CCC(C)C(=O)OCOC1CCCCC1. The molecule has 0 aromatic carbocycles. The summed E-state index contributed by atoms with van der Waals surface area (Å²) in [5.74, 6) is 2.08. The van der Waals surface area contributed by atoms with Crippen LogP contribution in [0, 0.1) is 86.3 Å². The topological polar surface area (TPSA) is 266 Å². The number of carbonyl (C=O) groups is 8. The summed E-state index contributed by atoms with van der Waals surface area (Å²) in [7, 11) is 0. The molecule has 0 N–H and O–H groups in total. The molecule has 0 aliphatic heterocycles. The fourth-order valence-electron chi connectivity index (χ4n) is 17.8. The van der Waals surface area contributed by atoms with Crippen molar-refractivity contribution in [3.05, 3.63) is 0 Å². The molecule has 0 amide bonds. The number of rotatable bonds is 35. The first-order chi connectivity index (χ1) is 57.3. The Morgan fingerprint density at radius 2 is 0.519 bits per heavy atom. The lowest BCUT2D eigenvalue weighted by atomic mass is 9.54. The number of esters is 7. The molecule has 13 aliphatic rings. The van der Waals surface area contributed by atoms with E-state index in [1.807, 2.05) is 111 Å². The molecule has 0 radical (unpaired) electrons. The van der Waals surface area contributed by atoms with Crippen LogP contribution in [0.3, 0.4) is 0 Å². The normalized spacial score (nSPS) is 23.2. The molecule has 13 saturated carbocycles. The van der Waals surface area contributed by atoms with Crippen molar-refractivity contribution in [3.63, 3.8) is 0 Å². The second-order valence-electron chi connectivity index (χ2n) is 39.4. The third kappa shape index (κ3) is 51.3. The monoisotopic (exact) mass is 1950 g/mol. The van der Waals surface area contributed by atoms with Gasteiger partial charge in [0, 0.05) is 11.8 Å². The van der Waals surface area contributed by atoms with Crippen molar-refractivity contribution in [2.45, 2.75) is 534 Å². The highest BCUT2D eigenvalue weighted by molar-refractivity contribution is 5.86. The van der Waals surface area contributed by atoms with Gasteiger partial charge in [-0.1, -0.05) is 256 Å². The summed E-state index contributed by atoms with van der Waals surface area (Å²) in [6, 6.07) is 0. The zero-order chi connectivity index (χ0) is 89.6. The molecule has 13 rings (SSSR count). The van der Waals surface area contributed by atoms with Crippen LogP contribution in [0.25, 0.3) is 0 Å². The Labute approximate surface area is 829 Å². The largest absolute Gasteiger partial charge is 0.438 e. The van der Waals surface area contributed by atoms with Crippen molar-refractivity contribution in [2.75, 3.05) is 47.6 Å². The number of hydrogen-bond acceptors (Lipinski definition) is 22. The van der Waals surface area contributed by atoms with Crippen molar-refractivity contribution >= 4 is 47.6 Å². The minimum Gasteiger partial charge on any atom is -0.438 e. The first kappa shape index (κ1) is 151. The molecule has 0 spiro atoms. The molecule has 0 saturated heterocycles. The van der Waals surface area contributed by atoms with Crippen molar-refractivity contribution in [1.29, 1.82) is 0 Å². The van der Waals surface area contributed by atoms with Crippen molar-refractivity contribution in [3.8, 4) is 0 Å². The first-order valence-electron chi connectivity index (χ1n) is 47.4. The second-order valence-corrected chi connectivity index (χ2v) is 39.4. The van der Waals surface area contributed by atoms with Crippen LogP contribution in [0.1, 0.15) is 485 Å². The average Bonchev–Trinajstić information content (AvgIpc) is 1.03. The van der Waals surface area contributed by atoms with E-state index in [1.165, 1.54) is 129 Å². The Morgan fingerprint density at radius 1 is 0.289 bits per heavy atom. The summed E-state index contributed by atoms with van der Waals surface area (Å²) in [6.07, 6.45) is 40.3. The molecule has 8 atom stereocenters. The van der Waals surface area contributed by atoms with Gasteiger partial charge in [0.15, 0.2) is 53.0 Å². The van der Waals surface area contributed by atoms with Crippen molar-refractivity contribution in [1.82, 2.24) is 0 Å². The van der Waals surface area contributed by atoms with Gasteiger partial charge in [0.05, 0.1) is 76.2 Å². The number of ketones is 1. The zero-order valence-corrected chi connectivity index (χ0v) is 78.2. The van der Waals surface area contributed by atoms with Gasteiger partial charge in [-0.3, -0.25) is 38.4 Å². The fraction of sp³-hybridized carbons (Fsp3) is 0.927. The summed E-state index contributed by atoms with van der Waals surface area (Å²) in [5, 5.41) is 0. The Kier molecular flexibility index (Phi) is 85.0. The Hall–Kier alpha value is -4.53. The lowest BCUT2D eigenvalue weighted by Gasteiger charge is -2.53. The minimum absolute atomic E-state index is 0. The molecule has 814 valence electrons. The van der Waals surface area contributed by atoms with Crippen LogP contribution in [0.5, 0.6) is 0 Å². The molecule has 8 unspecified atom stereocenters. The van der Waals surface area contributed by atoms with E-state index in [0.717, 1.165) is 159 Å². The lowest BCUT2D eigenvalue weighted by Crippen LogP contribution is -2.55. The van der Waals surface area contributed by atoms with Gasteiger partial charge in [0.25, 0.3) is 0 Å². The maximum absolute atomic E-state index is 13.0. The van der Waals surface area contributed by atoms with Crippen LogP contribution in [0.2, 0.25) is 0 Å². The summed E-state index contributed by atoms with van der Waals surface area (Å²) < 4.78 is 114. The standard InChI is InChI=1S/C17H23F3O4.C17H28O3.C14H26O3.C13H24O3.2C12H22O3.C11H20O3.14CH4/c1-3-16(2,17(18,19)20)15(22)24-8-23-14-11-5-9-4-10(7-11)13(21)12(14)6-9;1-4-17(2,3)16(18)20-10-19-15-13-6-11-5-12(8-13)9-14(15)7-11;1-4-14(2,3)13(15)17-11-16-12-9-7-5-6-8-10-12;1-4-13(2,3)12(14)16-10-15-11-8-6-5-7-9-11;1-4-12(2,3)11(13)15-9-14-10-7-5-6-8-10;1-3-10(2)12(13)15-9-14-11-7-5-4-6-8-11;1-3-9(2)11(12)14-8-13-10-6-4-5-7-10;;;;;;;;;;;;;;/h9-12,14H,3-8H2,1-2H3;11-15H,4-10H2,1-3H3;12H,4-11H2,1-3H3;11H,4-10H2,1-3H3;10H,4-9H2,1-3H3;10-11H,3-9H2,1-2H3;9-10H,3-8H2,1-2H3;14*1H4. The van der Waals surface area contributed by atoms with Crippen LogP contribution in [-0.2, 0) is 105 Å². The van der Waals surface area contributed by atoms with Gasteiger partial charge >= 0.3 is 48.0 Å². The minimum atomic E-state index is -4.67. The van der Waals surface area contributed by atoms with Gasteiger partial charge in [-0.2, -0.15) is 13.2 Å². The summed E-state index contributed by atoms with van der Waals surface area (Å²) in [6.45, 7) is 33.3.